The van der Waals surface area contributed by atoms with Gasteiger partial charge in [-0.05, 0) is 144 Å². The van der Waals surface area contributed by atoms with Crippen LogP contribution in [-0.4, -0.2) is 12.7 Å². The maximum absolute atomic E-state index is 12.5. The standard InChI is InChI=1S/C34H56F2O/c1-2-3-4-9-29-16-23-33(37-25-29)32-21-19-31(20-22-32)30-17-14-27(15-18-30)8-6-5-7-26-10-12-28(13-11-26)24-34(35)36/h2-3,24,26-33H,4-23,25H2,1H3/b3-2+. The summed E-state index contributed by atoms with van der Waals surface area (Å²) in [5.41, 5.74) is 0. The van der Waals surface area contributed by atoms with Crippen molar-refractivity contribution in [2.24, 2.45) is 41.4 Å². The molecule has 4 fully saturated rings. The maximum Gasteiger partial charge on any atom is 0.266 e. The van der Waals surface area contributed by atoms with Gasteiger partial charge < -0.3 is 4.74 Å². The molecular formula is C34H56F2O. The third-order valence-corrected chi connectivity index (χ3v) is 11.0. The number of rotatable bonds is 11. The van der Waals surface area contributed by atoms with Gasteiger partial charge >= 0.3 is 0 Å². The van der Waals surface area contributed by atoms with Gasteiger partial charge in [0.2, 0.25) is 0 Å². The first-order chi connectivity index (χ1) is 18.1. The smallest absolute Gasteiger partial charge is 0.266 e. The van der Waals surface area contributed by atoms with Gasteiger partial charge in [0, 0.05) is 6.61 Å². The first kappa shape index (κ1) is 29.3. The van der Waals surface area contributed by atoms with Gasteiger partial charge in [-0.15, -0.1) is 0 Å². The van der Waals surface area contributed by atoms with Gasteiger partial charge in [0.1, 0.15) is 0 Å². The van der Waals surface area contributed by atoms with Crippen LogP contribution in [0.1, 0.15) is 135 Å². The van der Waals surface area contributed by atoms with Gasteiger partial charge in [0.25, 0.3) is 6.08 Å². The Balaban J connectivity index is 1.03. The normalized spacial score (nSPS) is 37.5. The highest BCUT2D eigenvalue weighted by Gasteiger charge is 2.35. The van der Waals surface area contributed by atoms with Crippen molar-refractivity contribution in [2.75, 3.05) is 6.61 Å². The number of unbranched alkanes of at least 4 members (excludes halogenated alkanes) is 1. The van der Waals surface area contributed by atoms with Crippen molar-refractivity contribution in [3.05, 3.63) is 24.3 Å². The van der Waals surface area contributed by atoms with Crippen LogP contribution >= 0.6 is 0 Å². The Kier molecular flexibility index (Phi) is 12.5. The number of hydrogen-bond donors (Lipinski definition) is 0. The number of hydrogen-bond acceptors (Lipinski definition) is 1. The highest BCUT2D eigenvalue weighted by molar-refractivity contribution is 4.91. The molecule has 1 heterocycles. The lowest BCUT2D eigenvalue weighted by Crippen LogP contribution is -2.35. The van der Waals surface area contributed by atoms with Crippen LogP contribution in [0.25, 0.3) is 0 Å². The van der Waals surface area contributed by atoms with Crippen molar-refractivity contribution in [1.29, 1.82) is 0 Å². The van der Waals surface area contributed by atoms with Crippen LogP contribution in [0.2, 0.25) is 0 Å². The molecule has 3 saturated carbocycles. The van der Waals surface area contributed by atoms with E-state index in [-0.39, 0.29) is 5.92 Å². The Hall–Kier alpha value is -0.700. The molecule has 4 aliphatic rings. The van der Waals surface area contributed by atoms with Crippen molar-refractivity contribution in [3.63, 3.8) is 0 Å². The molecule has 0 aromatic rings. The predicted molar refractivity (Wildman–Crippen MR) is 152 cm³/mol. The summed E-state index contributed by atoms with van der Waals surface area (Å²) in [6, 6.07) is 0. The minimum Gasteiger partial charge on any atom is -0.378 e. The Morgan fingerprint density at radius 2 is 1.19 bits per heavy atom. The van der Waals surface area contributed by atoms with Gasteiger partial charge in [-0.3, -0.25) is 0 Å². The molecule has 3 aliphatic carbocycles. The summed E-state index contributed by atoms with van der Waals surface area (Å²) < 4.78 is 31.3. The fourth-order valence-corrected chi connectivity index (χ4v) is 8.55. The second-order valence-electron chi connectivity index (χ2n) is 13.4. The zero-order chi connectivity index (χ0) is 25.9. The molecule has 1 saturated heterocycles. The summed E-state index contributed by atoms with van der Waals surface area (Å²) in [6.07, 6.45) is 31.4. The second kappa shape index (κ2) is 15.8. The summed E-state index contributed by atoms with van der Waals surface area (Å²) in [4.78, 5) is 0. The van der Waals surface area contributed by atoms with E-state index in [9.17, 15) is 8.78 Å². The molecule has 3 heteroatoms. The van der Waals surface area contributed by atoms with E-state index in [0.29, 0.717) is 6.10 Å². The van der Waals surface area contributed by atoms with E-state index >= 15 is 0 Å². The van der Waals surface area contributed by atoms with Crippen LogP contribution in [-0.2, 0) is 4.74 Å². The lowest BCUT2D eigenvalue weighted by molar-refractivity contribution is -0.0616. The van der Waals surface area contributed by atoms with Crippen molar-refractivity contribution in [1.82, 2.24) is 0 Å². The molecule has 1 nitrogen and oxygen atoms in total. The second-order valence-corrected chi connectivity index (χ2v) is 13.4. The van der Waals surface area contributed by atoms with E-state index in [0.717, 1.165) is 67.8 Å². The largest absolute Gasteiger partial charge is 0.378 e. The third kappa shape index (κ3) is 9.77. The van der Waals surface area contributed by atoms with Crippen LogP contribution in [0, 0.1) is 41.4 Å². The number of ether oxygens (including phenoxy) is 1. The van der Waals surface area contributed by atoms with E-state index in [4.69, 9.17) is 4.74 Å². The highest BCUT2D eigenvalue weighted by Crippen LogP contribution is 2.44. The molecule has 0 radical (unpaired) electrons. The van der Waals surface area contributed by atoms with Gasteiger partial charge in [0.15, 0.2) is 0 Å². The molecule has 212 valence electrons. The molecule has 0 aromatic carbocycles. The monoisotopic (exact) mass is 518 g/mol. The van der Waals surface area contributed by atoms with Crippen LogP contribution in [0.15, 0.2) is 24.3 Å². The van der Waals surface area contributed by atoms with Crippen molar-refractivity contribution in [3.8, 4) is 0 Å². The van der Waals surface area contributed by atoms with Gasteiger partial charge in [-0.1, -0.05) is 50.7 Å². The molecule has 4 rings (SSSR count). The number of allylic oxidation sites excluding steroid dienone is 3. The summed E-state index contributed by atoms with van der Waals surface area (Å²) in [5, 5.41) is 0. The van der Waals surface area contributed by atoms with Crippen LogP contribution < -0.4 is 0 Å². The lowest BCUT2D eigenvalue weighted by Gasteiger charge is -2.41. The molecule has 0 bridgehead atoms. The van der Waals surface area contributed by atoms with E-state index in [2.05, 4.69) is 19.1 Å². The van der Waals surface area contributed by atoms with Crippen LogP contribution in [0.3, 0.4) is 0 Å². The molecule has 0 aromatic heterocycles. The van der Waals surface area contributed by atoms with Crippen LogP contribution in [0.4, 0.5) is 8.78 Å². The average Bonchev–Trinajstić information content (AvgIpc) is 2.93. The first-order valence-corrected chi connectivity index (χ1v) is 16.4. The molecular weight excluding hydrogens is 462 g/mol. The topological polar surface area (TPSA) is 9.23 Å². The van der Waals surface area contributed by atoms with E-state index in [1.54, 1.807) is 0 Å². The van der Waals surface area contributed by atoms with E-state index < -0.39 is 6.08 Å². The Morgan fingerprint density at radius 3 is 1.73 bits per heavy atom. The Labute approximate surface area is 227 Å². The van der Waals surface area contributed by atoms with Crippen LogP contribution in [0.5, 0.6) is 0 Å². The summed E-state index contributed by atoms with van der Waals surface area (Å²) in [5.74, 6) is 5.51. The quantitative estimate of drug-likeness (QED) is 0.195. The van der Waals surface area contributed by atoms with Crippen molar-refractivity contribution < 1.29 is 13.5 Å². The molecule has 2 unspecified atom stereocenters. The van der Waals surface area contributed by atoms with Gasteiger partial charge in [0.05, 0.1) is 6.10 Å². The first-order valence-electron chi connectivity index (χ1n) is 16.4. The van der Waals surface area contributed by atoms with E-state index in [1.165, 1.54) is 109 Å². The Morgan fingerprint density at radius 1 is 0.649 bits per heavy atom. The fraction of sp³-hybridized carbons (Fsp3) is 0.882. The van der Waals surface area contributed by atoms with E-state index in [1.807, 2.05) is 0 Å². The Bertz CT molecular complexity index is 666. The molecule has 0 spiro atoms. The zero-order valence-corrected chi connectivity index (χ0v) is 23.9. The molecule has 0 N–H and O–H groups in total. The highest BCUT2D eigenvalue weighted by atomic mass is 19.3. The third-order valence-electron chi connectivity index (χ3n) is 11.0. The summed E-state index contributed by atoms with van der Waals surface area (Å²) in [6.45, 7) is 3.13. The van der Waals surface area contributed by atoms with Crippen molar-refractivity contribution in [2.45, 2.75) is 141 Å². The minimum absolute atomic E-state index is 0.137. The lowest BCUT2D eigenvalue weighted by atomic mass is 9.67. The molecule has 1 aliphatic heterocycles. The van der Waals surface area contributed by atoms with Gasteiger partial charge in [-0.2, -0.15) is 8.78 Å². The SMILES string of the molecule is C/C=C/CCC1CCC(C2CCC(C3CCC(CCCCC4CCC(C=C(F)F)CC4)CC3)CC2)OC1. The summed E-state index contributed by atoms with van der Waals surface area (Å²) in [7, 11) is 0. The maximum atomic E-state index is 12.5. The number of halogens is 2. The average molecular weight is 519 g/mol. The van der Waals surface area contributed by atoms with Crippen molar-refractivity contribution >= 4 is 0 Å². The van der Waals surface area contributed by atoms with Gasteiger partial charge in [-0.25, -0.2) is 0 Å². The zero-order valence-electron chi connectivity index (χ0n) is 23.9. The minimum atomic E-state index is -1.48. The molecule has 37 heavy (non-hydrogen) atoms. The molecule has 0 amide bonds. The fourth-order valence-electron chi connectivity index (χ4n) is 8.55. The summed E-state index contributed by atoms with van der Waals surface area (Å²) >= 11 is 0. The molecule has 2 atom stereocenters. The predicted octanol–water partition coefficient (Wildman–Crippen LogP) is 10.9.